The quantitative estimate of drug-likeness (QED) is 0.193. The number of nitrogens with one attached hydrogen (secondary N) is 3. The molecule has 3 N–H and O–H groups in total. The molecule has 0 saturated carbocycles. The number of rotatable bonds is 11. The molecule has 13 heteroatoms. The minimum atomic E-state index is -3.93. The number of thiazole rings is 1. The molecule has 5 rings (SSSR count). The maximum Gasteiger partial charge on any atom is 0.275 e. The fourth-order valence-electron chi connectivity index (χ4n) is 4.36. The van der Waals surface area contributed by atoms with Crippen LogP contribution in [0.3, 0.4) is 0 Å². The van der Waals surface area contributed by atoms with Gasteiger partial charge < -0.3 is 14.9 Å². The summed E-state index contributed by atoms with van der Waals surface area (Å²) in [5, 5.41) is 6.07. The Hall–Kier alpha value is -4.26. The summed E-state index contributed by atoms with van der Waals surface area (Å²) in [6, 6.07) is 15.8. The molecule has 1 amide bonds. The third-order valence-corrected chi connectivity index (χ3v) is 8.55. The number of amides is 1. The molecule has 0 bridgehead atoms. The van der Waals surface area contributed by atoms with E-state index in [4.69, 9.17) is 11.6 Å². The molecule has 3 heterocycles. The largest absolute Gasteiger partial charge is 0.361 e. The Morgan fingerprint density at radius 1 is 1.07 bits per heavy atom. The monoisotopic (exact) mass is 609 g/mol. The molecule has 5 aromatic rings. The molecule has 210 valence electrons. The van der Waals surface area contributed by atoms with Crippen LogP contribution in [0.15, 0.2) is 89.4 Å². The number of nitrogens with zero attached hydrogens (tertiary/aromatic N) is 2. The molecule has 41 heavy (non-hydrogen) atoms. The Morgan fingerprint density at radius 2 is 1.85 bits per heavy atom. The van der Waals surface area contributed by atoms with Crippen LogP contribution in [0.4, 0.5) is 5.69 Å². The highest BCUT2D eigenvalue weighted by atomic mass is 35.5. The Morgan fingerprint density at radius 3 is 2.61 bits per heavy atom. The molecule has 0 radical (unpaired) electrons. The van der Waals surface area contributed by atoms with Gasteiger partial charge in [-0.3, -0.25) is 19.1 Å². The highest BCUT2D eigenvalue weighted by molar-refractivity contribution is 7.91. The first-order valence-corrected chi connectivity index (χ1v) is 15.3. The van der Waals surface area contributed by atoms with Crippen LogP contribution in [0.2, 0.25) is 5.02 Å². The number of Topliss-reactive ketones (excluding diaryl/α,β-unsaturated/α-hetero) is 1. The Bertz CT molecular complexity index is 1870. The van der Waals surface area contributed by atoms with Gasteiger partial charge in [0, 0.05) is 46.3 Å². The van der Waals surface area contributed by atoms with Crippen LogP contribution in [-0.2, 0) is 33.5 Å². The predicted octanol–water partition coefficient (Wildman–Crippen LogP) is 3.99. The van der Waals surface area contributed by atoms with E-state index in [9.17, 15) is 22.8 Å². The molecular weight excluding hydrogens is 586 g/mol. The van der Waals surface area contributed by atoms with Crippen molar-refractivity contribution in [2.24, 2.45) is 0 Å². The summed E-state index contributed by atoms with van der Waals surface area (Å²) in [6.07, 6.45) is 4.88. The van der Waals surface area contributed by atoms with Crippen molar-refractivity contribution in [3.8, 4) is 0 Å². The van der Waals surface area contributed by atoms with Crippen molar-refractivity contribution < 1.29 is 18.0 Å². The van der Waals surface area contributed by atoms with Gasteiger partial charge in [-0.2, -0.15) is 0 Å². The second-order valence-corrected chi connectivity index (χ2v) is 12.3. The number of ketones is 1. The van der Waals surface area contributed by atoms with E-state index in [-0.39, 0.29) is 28.7 Å². The lowest BCUT2D eigenvalue weighted by atomic mass is 10.0. The topological polar surface area (TPSA) is 143 Å². The summed E-state index contributed by atoms with van der Waals surface area (Å²) in [7, 11) is -3.93. The van der Waals surface area contributed by atoms with Crippen molar-refractivity contribution in [2.45, 2.75) is 24.8 Å². The molecule has 0 saturated heterocycles. The summed E-state index contributed by atoms with van der Waals surface area (Å²) < 4.78 is 28.8. The van der Waals surface area contributed by atoms with Crippen LogP contribution < -0.4 is 15.6 Å². The number of carbonyl (C=O) groups excluding carboxylic acids is 2. The lowest BCUT2D eigenvalue weighted by molar-refractivity contribution is -0.122. The molecule has 3 aromatic heterocycles. The lowest BCUT2D eigenvalue weighted by Gasteiger charge is -2.17. The number of hydrogen-bond donors (Lipinski definition) is 3. The van der Waals surface area contributed by atoms with E-state index in [1.807, 2.05) is 24.3 Å². The highest BCUT2D eigenvalue weighted by Crippen LogP contribution is 2.21. The van der Waals surface area contributed by atoms with E-state index in [1.165, 1.54) is 35.9 Å². The molecule has 0 aliphatic carbocycles. The van der Waals surface area contributed by atoms with Gasteiger partial charge in [-0.1, -0.05) is 41.9 Å². The van der Waals surface area contributed by atoms with Crippen molar-refractivity contribution >= 4 is 61.2 Å². The van der Waals surface area contributed by atoms with Crippen LogP contribution in [0.5, 0.6) is 0 Å². The van der Waals surface area contributed by atoms with Gasteiger partial charge in [0.25, 0.3) is 5.56 Å². The summed E-state index contributed by atoms with van der Waals surface area (Å²) in [4.78, 5) is 46.7. The lowest BCUT2D eigenvalue weighted by Crippen LogP contribution is -2.44. The maximum atomic E-state index is 13.3. The molecule has 2 aromatic carbocycles. The first-order chi connectivity index (χ1) is 19.7. The van der Waals surface area contributed by atoms with Gasteiger partial charge in [-0.15, -0.1) is 11.3 Å². The summed E-state index contributed by atoms with van der Waals surface area (Å²) in [6.45, 7) is -0.429. The second kappa shape index (κ2) is 12.1. The van der Waals surface area contributed by atoms with Crippen LogP contribution in [0, 0.1) is 0 Å². The predicted molar refractivity (Wildman–Crippen MR) is 159 cm³/mol. The molecule has 0 fully saturated rings. The van der Waals surface area contributed by atoms with Crippen LogP contribution >= 0.6 is 22.9 Å². The molecule has 0 unspecified atom stereocenters. The third-order valence-electron chi connectivity index (χ3n) is 6.26. The standard InChI is InChI=1S/C28H24ClN5O5S2/c29-20-9-7-18(8-10-20)17-41(38,39)33-23-6-3-12-34(28(23)37)16-25(35)32-24(26(36)27-30-11-13-40-27)14-19-15-31-22-5-2-1-4-21(19)22/h1-13,15,24,31,33H,14,16-17H2,(H,32,35)/t24-/m0/s1. The summed E-state index contributed by atoms with van der Waals surface area (Å²) in [5.41, 5.74) is 1.31. The molecule has 0 aliphatic heterocycles. The van der Waals surface area contributed by atoms with E-state index in [0.717, 1.165) is 21.0 Å². The second-order valence-electron chi connectivity index (χ2n) is 9.23. The number of pyridine rings is 1. The minimum absolute atomic E-state index is 0.202. The molecule has 10 nitrogen and oxygen atoms in total. The maximum absolute atomic E-state index is 13.3. The number of carbonyl (C=O) groups is 2. The SMILES string of the molecule is O=C(Cn1cccc(NS(=O)(=O)Cc2ccc(Cl)cc2)c1=O)N[C@@H](Cc1c[nH]c2ccccc12)C(=O)c1nccs1. The van der Waals surface area contributed by atoms with Gasteiger partial charge in [0.15, 0.2) is 5.01 Å². The first-order valence-electron chi connectivity index (χ1n) is 12.4. The minimum Gasteiger partial charge on any atom is -0.361 e. The fraction of sp³-hybridized carbons (Fsp3) is 0.143. The smallest absolute Gasteiger partial charge is 0.275 e. The number of sulfonamides is 1. The van der Waals surface area contributed by atoms with E-state index >= 15 is 0 Å². The van der Waals surface area contributed by atoms with E-state index in [1.54, 1.807) is 35.8 Å². The number of halogens is 1. The van der Waals surface area contributed by atoms with Gasteiger partial charge in [0.05, 0.1) is 11.8 Å². The number of aromatic amines is 1. The Balaban J connectivity index is 1.32. The van der Waals surface area contributed by atoms with Gasteiger partial charge >= 0.3 is 0 Å². The Kier molecular flexibility index (Phi) is 8.34. The van der Waals surface area contributed by atoms with Crippen molar-refractivity contribution in [1.29, 1.82) is 0 Å². The van der Waals surface area contributed by atoms with Crippen molar-refractivity contribution in [3.05, 3.63) is 116 Å². The van der Waals surface area contributed by atoms with Crippen LogP contribution in [0.25, 0.3) is 10.9 Å². The summed E-state index contributed by atoms with van der Waals surface area (Å²) >= 11 is 7.03. The molecular formula is C28H24ClN5O5S2. The normalized spacial score (nSPS) is 12.2. The number of hydrogen-bond acceptors (Lipinski definition) is 7. The van der Waals surface area contributed by atoms with Gasteiger partial charge in [-0.05, 0) is 41.5 Å². The van der Waals surface area contributed by atoms with Gasteiger partial charge in [-0.25, -0.2) is 13.4 Å². The number of para-hydroxylation sites is 1. The van der Waals surface area contributed by atoms with Gasteiger partial charge in [0.1, 0.15) is 12.2 Å². The van der Waals surface area contributed by atoms with Crippen molar-refractivity contribution in [3.63, 3.8) is 0 Å². The number of H-pyrrole nitrogens is 1. The van der Waals surface area contributed by atoms with Crippen LogP contribution in [-0.4, -0.2) is 40.7 Å². The van der Waals surface area contributed by atoms with E-state index in [0.29, 0.717) is 10.6 Å². The van der Waals surface area contributed by atoms with E-state index in [2.05, 4.69) is 20.0 Å². The van der Waals surface area contributed by atoms with E-state index < -0.39 is 34.1 Å². The average molecular weight is 610 g/mol. The first kappa shape index (κ1) is 28.3. The zero-order chi connectivity index (χ0) is 29.0. The van der Waals surface area contributed by atoms with Gasteiger partial charge in [0.2, 0.25) is 21.7 Å². The number of anilines is 1. The van der Waals surface area contributed by atoms with Crippen LogP contribution in [0.1, 0.15) is 20.9 Å². The number of aromatic nitrogens is 3. The molecule has 0 aliphatic rings. The summed E-state index contributed by atoms with van der Waals surface area (Å²) in [5.74, 6) is -1.31. The number of benzene rings is 2. The fourth-order valence-corrected chi connectivity index (χ4v) is 6.31. The molecule has 1 atom stereocenters. The number of fused-ring (bicyclic) bond motifs is 1. The zero-order valence-corrected chi connectivity index (χ0v) is 23.8. The molecule has 0 spiro atoms. The Labute approximate surface area is 244 Å². The van der Waals surface area contributed by atoms with Crippen molar-refractivity contribution in [1.82, 2.24) is 19.9 Å². The highest BCUT2D eigenvalue weighted by Gasteiger charge is 2.26. The van der Waals surface area contributed by atoms with Crippen molar-refractivity contribution in [2.75, 3.05) is 4.72 Å². The zero-order valence-electron chi connectivity index (χ0n) is 21.4. The average Bonchev–Trinajstić information content (AvgIpc) is 3.62. The third kappa shape index (κ3) is 6.91.